The van der Waals surface area contributed by atoms with Crippen LogP contribution >= 0.6 is 11.6 Å². The van der Waals surface area contributed by atoms with Crippen molar-refractivity contribution in [2.75, 3.05) is 25.5 Å². The summed E-state index contributed by atoms with van der Waals surface area (Å²) in [6.07, 6.45) is 5.42. The van der Waals surface area contributed by atoms with Crippen molar-refractivity contribution in [3.8, 4) is 0 Å². The molecule has 2 bridgehead atoms. The molecule has 3 saturated heterocycles. The normalized spacial score (nSPS) is 34.7. The third-order valence-corrected chi connectivity index (χ3v) is 5.52. The molecule has 4 rings (SSSR count). The zero-order chi connectivity index (χ0) is 12.5. The summed E-state index contributed by atoms with van der Waals surface area (Å²) in [5, 5.41) is 0. The SMILES string of the molecule is ClCCC12CC[N+](Cc3ccccc3)(CC1)CC2. The Labute approximate surface area is 115 Å². The first-order valence-corrected chi connectivity index (χ1v) is 7.75. The predicted octanol–water partition coefficient (Wildman–Crippen LogP) is 3.82. The molecule has 0 amide bonds. The maximum absolute atomic E-state index is 5.98. The zero-order valence-corrected chi connectivity index (χ0v) is 11.8. The van der Waals surface area contributed by atoms with Crippen molar-refractivity contribution in [3.05, 3.63) is 35.9 Å². The van der Waals surface area contributed by atoms with Crippen molar-refractivity contribution in [1.82, 2.24) is 0 Å². The first kappa shape index (κ1) is 12.5. The summed E-state index contributed by atoms with van der Waals surface area (Å²) < 4.78 is 1.33. The fraction of sp³-hybridized carbons (Fsp3) is 0.625. The van der Waals surface area contributed by atoms with Gasteiger partial charge < -0.3 is 4.48 Å². The third kappa shape index (κ3) is 2.31. The van der Waals surface area contributed by atoms with Crippen LogP contribution in [0, 0.1) is 5.41 Å². The molecule has 0 aromatic heterocycles. The molecule has 3 aliphatic heterocycles. The quantitative estimate of drug-likeness (QED) is 0.573. The predicted molar refractivity (Wildman–Crippen MR) is 76.6 cm³/mol. The van der Waals surface area contributed by atoms with Gasteiger partial charge in [0.15, 0.2) is 0 Å². The van der Waals surface area contributed by atoms with Crippen LogP contribution in [0.4, 0.5) is 0 Å². The number of hydrogen-bond donors (Lipinski definition) is 0. The Balaban J connectivity index is 1.69. The highest BCUT2D eigenvalue weighted by molar-refractivity contribution is 6.17. The number of benzene rings is 1. The van der Waals surface area contributed by atoms with Crippen LogP contribution in [0.5, 0.6) is 0 Å². The maximum atomic E-state index is 5.98. The number of piperidine rings is 3. The first-order valence-electron chi connectivity index (χ1n) is 7.21. The fourth-order valence-corrected chi connectivity index (χ4v) is 4.32. The minimum Gasteiger partial charge on any atom is -0.320 e. The fourth-order valence-electron chi connectivity index (χ4n) is 3.92. The lowest BCUT2D eigenvalue weighted by atomic mass is 9.69. The Morgan fingerprint density at radius 1 is 1.00 bits per heavy atom. The van der Waals surface area contributed by atoms with E-state index in [4.69, 9.17) is 11.6 Å². The van der Waals surface area contributed by atoms with Gasteiger partial charge in [0.25, 0.3) is 0 Å². The highest BCUT2D eigenvalue weighted by Gasteiger charge is 2.48. The Kier molecular flexibility index (Phi) is 3.38. The number of fused-ring (bicyclic) bond motifs is 3. The van der Waals surface area contributed by atoms with Crippen LogP contribution in [-0.4, -0.2) is 30.0 Å². The summed E-state index contributed by atoms with van der Waals surface area (Å²) in [5.74, 6) is 0.846. The van der Waals surface area contributed by atoms with Crippen LogP contribution in [0.15, 0.2) is 30.3 Å². The molecule has 1 aromatic carbocycles. The summed E-state index contributed by atoms with van der Waals surface area (Å²) >= 11 is 5.98. The zero-order valence-electron chi connectivity index (χ0n) is 11.1. The van der Waals surface area contributed by atoms with Gasteiger partial charge in [-0.25, -0.2) is 0 Å². The van der Waals surface area contributed by atoms with Gasteiger partial charge in [-0.2, -0.15) is 0 Å². The van der Waals surface area contributed by atoms with E-state index >= 15 is 0 Å². The van der Waals surface area contributed by atoms with Gasteiger partial charge in [0.05, 0.1) is 19.6 Å². The van der Waals surface area contributed by atoms with Gasteiger partial charge in [0.1, 0.15) is 6.54 Å². The van der Waals surface area contributed by atoms with Gasteiger partial charge in [0.2, 0.25) is 0 Å². The van der Waals surface area contributed by atoms with Gasteiger partial charge in [-0.05, 0) is 11.8 Å². The average molecular weight is 265 g/mol. The van der Waals surface area contributed by atoms with Crippen LogP contribution in [0.2, 0.25) is 0 Å². The van der Waals surface area contributed by atoms with Crippen molar-refractivity contribution in [3.63, 3.8) is 0 Å². The van der Waals surface area contributed by atoms with Crippen LogP contribution < -0.4 is 0 Å². The van der Waals surface area contributed by atoms with Gasteiger partial charge in [0, 0.05) is 30.7 Å². The summed E-state index contributed by atoms with van der Waals surface area (Å²) in [4.78, 5) is 0. The molecule has 3 fully saturated rings. The number of rotatable bonds is 4. The van der Waals surface area contributed by atoms with Crippen LogP contribution in [0.1, 0.15) is 31.2 Å². The monoisotopic (exact) mass is 264 g/mol. The molecular weight excluding hydrogens is 242 g/mol. The van der Waals surface area contributed by atoms with E-state index in [0.717, 1.165) is 5.88 Å². The lowest BCUT2D eigenvalue weighted by Gasteiger charge is -2.55. The number of quaternary nitrogens is 1. The summed E-state index contributed by atoms with van der Waals surface area (Å²) in [5.41, 5.74) is 2.11. The third-order valence-electron chi connectivity index (χ3n) is 5.34. The molecule has 3 aliphatic rings. The topological polar surface area (TPSA) is 0 Å². The van der Waals surface area contributed by atoms with Crippen molar-refractivity contribution < 1.29 is 4.48 Å². The van der Waals surface area contributed by atoms with Gasteiger partial charge in [-0.3, -0.25) is 0 Å². The molecule has 0 radical (unpaired) electrons. The largest absolute Gasteiger partial charge is 0.320 e. The molecule has 0 atom stereocenters. The van der Waals surface area contributed by atoms with Gasteiger partial charge in [-0.15, -0.1) is 11.6 Å². The molecule has 18 heavy (non-hydrogen) atoms. The minimum absolute atomic E-state index is 0.610. The highest BCUT2D eigenvalue weighted by atomic mass is 35.5. The Hall–Kier alpha value is -0.530. The smallest absolute Gasteiger partial charge is 0.104 e. The van der Waals surface area contributed by atoms with E-state index in [2.05, 4.69) is 30.3 Å². The second kappa shape index (κ2) is 4.86. The maximum Gasteiger partial charge on any atom is 0.104 e. The minimum atomic E-state index is 0.610. The molecule has 0 unspecified atom stereocenters. The molecule has 0 spiro atoms. The molecule has 0 N–H and O–H groups in total. The Morgan fingerprint density at radius 3 is 2.17 bits per heavy atom. The molecular formula is C16H23ClN+. The van der Waals surface area contributed by atoms with Crippen molar-refractivity contribution in [2.24, 2.45) is 5.41 Å². The Bertz CT molecular complexity index is 376. The molecule has 2 heteroatoms. The van der Waals surface area contributed by atoms with E-state index in [0.29, 0.717) is 5.41 Å². The number of nitrogens with zero attached hydrogens (tertiary/aromatic N) is 1. The second-order valence-electron chi connectivity index (χ2n) is 6.35. The van der Waals surface area contributed by atoms with E-state index in [1.54, 1.807) is 0 Å². The average Bonchev–Trinajstić information content (AvgIpc) is 2.42. The van der Waals surface area contributed by atoms with E-state index in [1.165, 1.54) is 61.9 Å². The molecule has 0 saturated carbocycles. The molecule has 1 aromatic rings. The summed E-state index contributed by atoms with van der Waals surface area (Å²) in [6, 6.07) is 11.0. The second-order valence-corrected chi connectivity index (χ2v) is 6.72. The van der Waals surface area contributed by atoms with Crippen LogP contribution in [0.3, 0.4) is 0 Å². The van der Waals surface area contributed by atoms with E-state index in [1.807, 2.05) is 0 Å². The molecule has 0 aliphatic carbocycles. The summed E-state index contributed by atoms with van der Waals surface area (Å²) in [7, 11) is 0. The standard InChI is InChI=1S/C16H23ClN/c17-10-6-16-7-11-18(12-8-16,13-9-16)14-15-4-2-1-3-5-15/h1-5H,6-14H2/q+1. The number of halogens is 1. The molecule has 98 valence electrons. The molecule has 3 heterocycles. The van der Waals surface area contributed by atoms with E-state index in [9.17, 15) is 0 Å². The van der Waals surface area contributed by atoms with Crippen molar-refractivity contribution >= 4 is 11.6 Å². The highest BCUT2D eigenvalue weighted by Crippen LogP contribution is 2.47. The van der Waals surface area contributed by atoms with Gasteiger partial charge in [-0.1, -0.05) is 30.3 Å². The van der Waals surface area contributed by atoms with E-state index < -0.39 is 0 Å². The Morgan fingerprint density at radius 2 is 1.61 bits per heavy atom. The van der Waals surface area contributed by atoms with Crippen molar-refractivity contribution in [2.45, 2.75) is 32.2 Å². The summed E-state index contributed by atoms with van der Waals surface area (Å²) in [6.45, 7) is 5.33. The lowest BCUT2D eigenvalue weighted by molar-refractivity contribution is -0.957. The molecule has 1 nitrogen and oxygen atoms in total. The number of hydrogen-bond acceptors (Lipinski definition) is 0. The first-order chi connectivity index (χ1) is 8.76. The van der Waals surface area contributed by atoms with Gasteiger partial charge >= 0.3 is 0 Å². The van der Waals surface area contributed by atoms with Crippen LogP contribution in [0.25, 0.3) is 0 Å². The lowest BCUT2D eigenvalue weighted by Crippen LogP contribution is -2.61. The number of alkyl halides is 1. The van der Waals surface area contributed by atoms with Crippen molar-refractivity contribution in [1.29, 1.82) is 0 Å². The van der Waals surface area contributed by atoms with Crippen LogP contribution in [-0.2, 0) is 6.54 Å². The van der Waals surface area contributed by atoms with E-state index in [-0.39, 0.29) is 0 Å².